The maximum Gasteiger partial charge on any atom is -1.00 e. The Morgan fingerprint density at radius 3 is 1.44 bits per heavy atom. The van der Waals surface area contributed by atoms with Gasteiger partial charge in [0.1, 0.15) is 0 Å². The molecule has 0 spiro atoms. The van der Waals surface area contributed by atoms with Crippen molar-refractivity contribution in [1.82, 2.24) is 0 Å². The van der Waals surface area contributed by atoms with Gasteiger partial charge in [0.2, 0.25) is 0 Å². The van der Waals surface area contributed by atoms with Crippen molar-refractivity contribution in [2.75, 3.05) is 0 Å². The number of hydrogen-bond acceptors (Lipinski definition) is 2. The molecule has 0 aliphatic heterocycles. The molecule has 4 aliphatic rings. The fourth-order valence-corrected chi connectivity index (χ4v) is 12.3. The average molecular weight is 685 g/mol. The third-order valence-corrected chi connectivity index (χ3v) is 14.3. The van der Waals surface area contributed by atoms with E-state index in [-0.39, 0.29) is 24.8 Å². The Morgan fingerprint density at radius 2 is 1.02 bits per heavy atom. The molecular formula is C36H26Cl2S2Zr. The second-order valence-electron chi connectivity index (χ2n) is 10.7. The summed E-state index contributed by atoms with van der Waals surface area (Å²) in [6.45, 7) is 4.40. The topological polar surface area (TPSA) is 0 Å². The molecular weight excluding hydrogens is 659 g/mol. The third kappa shape index (κ3) is 4.85. The molecule has 2 aromatic carbocycles. The molecule has 4 aromatic rings. The van der Waals surface area contributed by atoms with Crippen LogP contribution in [0.1, 0.15) is 43.8 Å². The fourth-order valence-electron chi connectivity index (χ4n) is 6.39. The maximum atomic E-state index is 2.50. The van der Waals surface area contributed by atoms with E-state index in [1.807, 2.05) is 22.7 Å². The van der Waals surface area contributed by atoms with Crippen molar-refractivity contribution in [2.24, 2.45) is 0 Å². The maximum absolute atomic E-state index is 2.50. The first-order chi connectivity index (χ1) is 19.1. The van der Waals surface area contributed by atoms with Crippen molar-refractivity contribution in [1.29, 1.82) is 0 Å². The Morgan fingerprint density at radius 1 is 0.561 bits per heavy atom. The van der Waals surface area contributed by atoms with E-state index in [4.69, 9.17) is 0 Å². The van der Waals surface area contributed by atoms with Crippen LogP contribution in [-0.4, -0.2) is 0 Å². The van der Waals surface area contributed by atoms with E-state index >= 15 is 0 Å². The van der Waals surface area contributed by atoms with E-state index in [1.54, 1.807) is 6.56 Å². The summed E-state index contributed by atoms with van der Waals surface area (Å²) in [5.41, 5.74) is 11.8. The number of halogens is 2. The predicted octanol–water partition coefficient (Wildman–Crippen LogP) is 4.42. The van der Waals surface area contributed by atoms with Gasteiger partial charge in [-0.15, -0.1) is 0 Å². The summed E-state index contributed by atoms with van der Waals surface area (Å²) in [5.74, 6) is 0.786. The number of fused-ring (bicyclic) bond motifs is 6. The molecule has 4 aliphatic carbocycles. The molecule has 0 radical (unpaired) electrons. The molecule has 200 valence electrons. The van der Waals surface area contributed by atoms with Gasteiger partial charge in [0.05, 0.1) is 0 Å². The molecule has 0 amide bonds. The van der Waals surface area contributed by atoms with Gasteiger partial charge in [0, 0.05) is 0 Å². The quantitative estimate of drug-likeness (QED) is 0.299. The standard InChI is InChI=1S/2C18H13S.2ClH.Zr/c2*1-12-6-9-18(19-12)14-7-8-17-15(11-14)10-13-4-2-3-5-16(13)17;;;/h2*2-9,11,16H,1H3;2*1H;/q;;;;+2/p-2. The average Bonchev–Trinajstić information content (AvgIpc) is 3.74. The molecule has 0 N–H and O–H groups in total. The van der Waals surface area contributed by atoms with E-state index < -0.39 is 23.2 Å². The molecule has 8 rings (SSSR count). The van der Waals surface area contributed by atoms with Crippen LogP contribution in [0.25, 0.3) is 27.4 Å². The summed E-state index contributed by atoms with van der Waals surface area (Å²) in [6, 6.07) is 23.6. The number of thiophene rings is 2. The molecule has 0 bridgehead atoms. The van der Waals surface area contributed by atoms with Crippen LogP contribution in [0.4, 0.5) is 0 Å². The van der Waals surface area contributed by atoms with E-state index in [0.717, 1.165) is 0 Å². The van der Waals surface area contributed by atoms with Crippen molar-refractivity contribution >= 4 is 29.2 Å². The predicted molar refractivity (Wildman–Crippen MR) is 165 cm³/mol. The minimum absolute atomic E-state index is 0. The molecule has 0 nitrogen and oxygen atoms in total. The smallest absolute Gasteiger partial charge is 1.00 e. The van der Waals surface area contributed by atoms with Crippen LogP contribution in [0, 0.1) is 13.8 Å². The largest absolute Gasteiger partial charge is 1.00 e. The second-order valence-corrected chi connectivity index (χ2v) is 16.3. The van der Waals surface area contributed by atoms with Gasteiger partial charge >= 0.3 is 251 Å². The Bertz CT molecular complexity index is 1740. The van der Waals surface area contributed by atoms with Crippen molar-refractivity contribution in [2.45, 2.75) is 25.7 Å². The number of benzene rings is 2. The van der Waals surface area contributed by atoms with Gasteiger partial charge in [-0.1, -0.05) is 0 Å². The van der Waals surface area contributed by atoms with Crippen LogP contribution in [-0.2, 0) is 23.2 Å². The van der Waals surface area contributed by atoms with Crippen molar-refractivity contribution < 1.29 is 48.0 Å². The van der Waals surface area contributed by atoms with Crippen molar-refractivity contribution in [3.8, 4) is 20.9 Å². The first-order valence-corrected chi connectivity index (χ1v) is 17.6. The molecule has 5 heteroatoms. The number of allylic oxidation sites excluding steroid dienone is 10. The van der Waals surface area contributed by atoms with Crippen LogP contribution >= 0.6 is 22.7 Å². The van der Waals surface area contributed by atoms with E-state index in [2.05, 4.69) is 123 Å². The van der Waals surface area contributed by atoms with Crippen LogP contribution in [0.5, 0.6) is 0 Å². The van der Waals surface area contributed by atoms with Gasteiger partial charge in [-0.2, -0.15) is 0 Å². The first kappa shape index (κ1) is 28.8. The van der Waals surface area contributed by atoms with Gasteiger partial charge in [0.25, 0.3) is 0 Å². The molecule has 0 saturated heterocycles. The van der Waals surface area contributed by atoms with Crippen molar-refractivity contribution in [3.63, 3.8) is 0 Å². The van der Waals surface area contributed by atoms with Gasteiger partial charge in [-0.25, -0.2) is 0 Å². The van der Waals surface area contributed by atoms with Crippen molar-refractivity contribution in [3.05, 3.63) is 152 Å². The summed E-state index contributed by atoms with van der Waals surface area (Å²) in [6.07, 6.45) is 18.5. The second kappa shape index (κ2) is 11.4. The molecule has 41 heavy (non-hydrogen) atoms. The zero-order valence-electron chi connectivity index (χ0n) is 22.6. The van der Waals surface area contributed by atoms with Gasteiger partial charge in [-0.05, 0) is 0 Å². The van der Waals surface area contributed by atoms with Gasteiger partial charge in [0.15, 0.2) is 0 Å². The Labute approximate surface area is 274 Å². The van der Waals surface area contributed by atoms with Crippen LogP contribution in [0.2, 0.25) is 0 Å². The number of aryl methyl sites for hydroxylation is 2. The summed E-state index contributed by atoms with van der Waals surface area (Å²) in [4.78, 5) is 5.48. The SMILES string of the molecule is Cc1ccc(-c2ccc3c(c2)[C]([Zr+2][C]2=C4C=CC=CC4c4ccc(-c5ccc(C)s5)cc42)=C2C=CC=CC23)s1.[Cl-].[Cl-]. The number of rotatable bonds is 4. The monoisotopic (exact) mass is 682 g/mol. The van der Waals surface area contributed by atoms with Crippen LogP contribution in [0.15, 0.2) is 120 Å². The van der Waals surface area contributed by atoms with Gasteiger partial charge in [-0.3, -0.25) is 0 Å². The molecule has 2 unspecified atom stereocenters. The zero-order chi connectivity index (χ0) is 26.1. The minimum Gasteiger partial charge on any atom is -1.00 e. The van der Waals surface area contributed by atoms with E-state index in [1.165, 1.54) is 64.0 Å². The van der Waals surface area contributed by atoms with Crippen LogP contribution in [0.3, 0.4) is 0 Å². The summed E-state index contributed by atoms with van der Waals surface area (Å²) >= 11 is 2.64. The normalized spacial score (nSPS) is 18.9. The Hall–Kier alpha value is -2.26. The van der Waals surface area contributed by atoms with Crippen LogP contribution < -0.4 is 24.8 Å². The molecule has 0 saturated carbocycles. The molecule has 2 heterocycles. The number of hydrogen-bond donors (Lipinski definition) is 0. The Kier molecular flexibility index (Phi) is 8.05. The zero-order valence-corrected chi connectivity index (χ0v) is 28.2. The third-order valence-electron chi connectivity index (χ3n) is 8.24. The summed E-state index contributed by atoms with van der Waals surface area (Å²) in [7, 11) is 0. The van der Waals surface area contributed by atoms with E-state index in [9.17, 15) is 0 Å². The fraction of sp³-hybridized carbons (Fsp3) is 0.111. The Balaban J connectivity index is 0.00000151. The molecule has 0 fully saturated rings. The summed E-state index contributed by atoms with van der Waals surface area (Å²) in [5, 5.41) is 0. The van der Waals surface area contributed by atoms with Gasteiger partial charge < -0.3 is 24.8 Å². The first-order valence-electron chi connectivity index (χ1n) is 13.5. The minimum atomic E-state index is -1.16. The summed E-state index contributed by atoms with van der Waals surface area (Å²) < 4.78 is 3.31. The molecule has 2 aromatic heterocycles. The molecule has 2 atom stereocenters. The van der Waals surface area contributed by atoms with E-state index in [0.29, 0.717) is 11.8 Å².